The van der Waals surface area contributed by atoms with Gasteiger partial charge in [-0.3, -0.25) is 5.32 Å². The van der Waals surface area contributed by atoms with E-state index in [9.17, 15) is 13.2 Å². The topological polar surface area (TPSA) is 104 Å². The molecular weight excluding hydrogens is 498 g/mol. The molecule has 2 aromatic rings. The lowest BCUT2D eigenvalue weighted by Crippen LogP contribution is -2.40. The minimum absolute atomic E-state index is 0.0907. The molecule has 11 heteroatoms. The molecule has 36 heavy (non-hydrogen) atoms. The highest BCUT2D eigenvalue weighted by Gasteiger charge is 2.27. The van der Waals surface area contributed by atoms with Crippen molar-refractivity contribution in [3.63, 3.8) is 0 Å². The lowest BCUT2D eigenvalue weighted by atomic mass is 10.1. The summed E-state index contributed by atoms with van der Waals surface area (Å²) in [7, 11) is -1.87. The smallest absolute Gasteiger partial charge is 0.411 e. The molecule has 1 aromatic heterocycles. The van der Waals surface area contributed by atoms with Crippen molar-refractivity contribution in [2.24, 2.45) is 0 Å². The van der Waals surface area contributed by atoms with Crippen LogP contribution in [0.15, 0.2) is 29.3 Å². The number of anilines is 2. The number of rotatable bonds is 7. The zero-order chi connectivity index (χ0) is 25.9. The first-order chi connectivity index (χ1) is 17.0. The second kappa shape index (κ2) is 11.0. The van der Waals surface area contributed by atoms with E-state index in [1.807, 2.05) is 7.05 Å². The van der Waals surface area contributed by atoms with Crippen LogP contribution < -0.4 is 14.9 Å². The van der Waals surface area contributed by atoms with Crippen molar-refractivity contribution in [1.29, 1.82) is 0 Å². The van der Waals surface area contributed by atoms with Gasteiger partial charge in [-0.25, -0.2) is 22.9 Å². The Morgan fingerprint density at radius 1 is 1.22 bits per heavy atom. The highest BCUT2D eigenvalue weighted by atomic mass is 32.2. The monoisotopic (exact) mass is 534 g/mol. The Bertz CT molecular complexity index is 1170. The lowest BCUT2D eigenvalue weighted by Gasteiger charge is -2.25. The third-order valence-corrected chi connectivity index (χ3v) is 9.16. The average Bonchev–Trinajstić information content (AvgIpc) is 3.46. The van der Waals surface area contributed by atoms with Gasteiger partial charge in [-0.1, -0.05) is 17.4 Å². The van der Waals surface area contributed by atoms with Crippen LogP contribution in [0, 0.1) is 6.42 Å². The van der Waals surface area contributed by atoms with Crippen LogP contribution in [0.4, 0.5) is 15.6 Å². The van der Waals surface area contributed by atoms with E-state index < -0.39 is 21.7 Å². The maximum atomic E-state index is 13.4. The fraction of sp³-hybridized carbons (Fsp3) is 0.560. The van der Waals surface area contributed by atoms with E-state index >= 15 is 0 Å². The van der Waals surface area contributed by atoms with Gasteiger partial charge in [0.15, 0.2) is 5.13 Å². The summed E-state index contributed by atoms with van der Waals surface area (Å²) in [6.07, 6.45) is 7.50. The molecule has 2 aliphatic heterocycles. The predicted octanol–water partition coefficient (Wildman–Crippen LogP) is 4.33. The van der Waals surface area contributed by atoms with E-state index in [1.54, 1.807) is 39.1 Å². The Morgan fingerprint density at radius 2 is 1.97 bits per heavy atom. The quantitative estimate of drug-likeness (QED) is 0.545. The highest BCUT2D eigenvalue weighted by molar-refractivity contribution is 7.89. The first kappa shape index (κ1) is 26.8. The molecule has 2 fully saturated rings. The maximum Gasteiger partial charge on any atom is 0.411 e. The first-order valence-corrected chi connectivity index (χ1v) is 14.7. The Kier molecular flexibility index (Phi) is 8.23. The first-order valence-electron chi connectivity index (χ1n) is 12.4. The molecule has 0 aliphatic carbocycles. The lowest BCUT2D eigenvalue weighted by molar-refractivity contribution is 0.127. The number of carbonyl (C=O) groups excluding carboxylic acids is 1. The summed E-state index contributed by atoms with van der Waals surface area (Å²) in [5, 5.41) is 3.58. The Labute approximate surface area is 218 Å². The number of thiazole rings is 1. The number of likely N-dealkylation sites (N-methyl/N-ethyl adjacent to an activating group) is 1. The molecule has 4 rings (SSSR count). The maximum absolute atomic E-state index is 13.4. The van der Waals surface area contributed by atoms with Gasteiger partial charge < -0.3 is 14.5 Å². The molecule has 9 nitrogen and oxygen atoms in total. The van der Waals surface area contributed by atoms with Gasteiger partial charge in [0.05, 0.1) is 9.77 Å². The number of piperidine rings is 1. The summed E-state index contributed by atoms with van der Waals surface area (Å²) in [6, 6.07) is 5.12. The molecule has 0 saturated carbocycles. The molecule has 1 amide bonds. The predicted molar refractivity (Wildman–Crippen MR) is 144 cm³/mol. The third-order valence-electron chi connectivity index (χ3n) is 6.27. The Hall–Kier alpha value is -2.21. The summed E-state index contributed by atoms with van der Waals surface area (Å²) in [4.78, 5) is 22.3. The van der Waals surface area contributed by atoms with E-state index in [-0.39, 0.29) is 10.9 Å². The zero-order valence-corrected chi connectivity index (χ0v) is 23.0. The van der Waals surface area contributed by atoms with E-state index in [4.69, 9.17) is 4.74 Å². The van der Waals surface area contributed by atoms with Crippen LogP contribution >= 0.6 is 11.3 Å². The van der Waals surface area contributed by atoms with Crippen molar-refractivity contribution in [2.45, 2.75) is 62.9 Å². The van der Waals surface area contributed by atoms with Crippen LogP contribution in [0.25, 0.3) is 10.4 Å². The molecule has 1 atom stereocenters. The van der Waals surface area contributed by atoms with Crippen LogP contribution in [0.5, 0.6) is 0 Å². The second-order valence-electron chi connectivity index (χ2n) is 10.4. The van der Waals surface area contributed by atoms with Crippen LogP contribution in [-0.2, 0) is 14.8 Å². The minimum atomic E-state index is -3.89. The van der Waals surface area contributed by atoms with Gasteiger partial charge >= 0.3 is 6.09 Å². The second-order valence-corrected chi connectivity index (χ2v) is 13.1. The normalized spacial score (nSPS) is 19.4. The molecule has 2 saturated heterocycles. The van der Waals surface area contributed by atoms with Crippen molar-refractivity contribution < 1.29 is 17.9 Å². The number of carbonyl (C=O) groups is 1. The van der Waals surface area contributed by atoms with Crippen LogP contribution in [-0.4, -0.2) is 69.3 Å². The van der Waals surface area contributed by atoms with Gasteiger partial charge in [0.25, 0.3) is 0 Å². The van der Waals surface area contributed by atoms with Crippen molar-refractivity contribution in [2.75, 3.05) is 43.5 Å². The van der Waals surface area contributed by atoms with E-state index in [0.717, 1.165) is 55.3 Å². The number of nitrogens with one attached hydrogen (secondary N) is 2. The fourth-order valence-electron chi connectivity index (χ4n) is 4.48. The number of amides is 1. The largest absolute Gasteiger partial charge is 0.448 e. The third kappa shape index (κ3) is 6.76. The molecule has 0 spiro atoms. The number of sulfonamides is 1. The Morgan fingerprint density at radius 3 is 2.64 bits per heavy atom. The van der Waals surface area contributed by atoms with Crippen molar-refractivity contribution in [3.8, 4) is 10.4 Å². The molecule has 0 unspecified atom stereocenters. The van der Waals surface area contributed by atoms with Crippen LogP contribution in [0.2, 0.25) is 0 Å². The van der Waals surface area contributed by atoms with Gasteiger partial charge in [-0.15, -0.1) is 0 Å². The summed E-state index contributed by atoms with van der Waals surface area (Å²) in [5.41, 5.74) is 0.231. The summed E-state index contributed by atoms with van der Waals surface area (Å²) in [6.45, 7) is 8.49. The molecule has 2 N–H and O–H groups in total. The van der Waals surface area contributed by atoms with Crippen molar-refractivity contribution in [1.82, 2.24) is 14.6 Å². The molecule has 3 heterocycles. The number of nitrogens with zero attached hydrogens (tertiary/aromatic N) is 3. The van der Waals surface area contributed by atoms with E-state index in [2.05, 4.69) is 31.2 Å². The van der Waals surface area contributed by atoms with Gasteiger partial charge in [0.1, 0.15) is 6.61 Å². The van der Waals surface area contributed by atoms with Crippen molar-refractivity contribution in [3.05, 3.63) is 30.8 Å². The molecule has 2 aliphatic rings. The van der Waals surface area contributed by atoms with Gasteiger partial charge in [-0.05, 0) is 78.6 Å². The number of hydrogen-bond donors (Lipinski definition) is 2. The number of likely N-dealkylation sites (tertiary alicyclic amines) is 1. The van der Waals surface area contributed by atoms with Gasteiger partial charge in [-0.2, -0.15) is 0 Å². The number of hydrogen-bond acceptors (Lipinski definition) is 8. The molecule has 1 aromatic carbocycles. The number of aromatic nitrogens is 1. The fourth-order valence-corrected chi connectivity index (χ4v) is 7.21. The zero-order valence-electron chi connectivity index (χ0n) is 21.4. The number of ether oxygens (including phenoxy) is 1. The standard InChI is InChI=1S/C25H36N5O4S2/c1-25(2,3)28-36(32,33)22-15-18(27-24(31)34-17-19-9-8-12-29(19)4)10-11-20(22)21-16-26-23(35-21)30-13-6-5-7-14-30/h5,10-11,15-16,19,28H,6-9,12-14,17H2,1-4H3,(H,27,31)/t19-/m0/s1. The van der Waals surface area contributed by atoms with Crippen molar-refractivity contribution >= 4 is 38.3 Å². The summed E-state index contributed by atoms with van der Waals surface area (Å²) in [5.74, 6) is 0. The van der Waals surface area contributed by atoms with Gasteiger partial charge in [0, 0.05) is 42.1 Å². The van der Waals surface area contributed by atoms with E-state index in [0.29, 0.717) is 17.9 Å². The van der Waals surface area contributed by atoms with E-state index in [1.165, 1.54) is 17.4 Å². The highest BCUT2D eigenvalue weighted by Crippen LogP contribution is 2.37. The molecular formula is C25H36N5O4S2. The summed E-state index contributed by atoms with van der Waals surface area (Å²) >= 11 is 1.47. The Balaban J connectivity index is 1.58. The van der Waals surface area contributed by atoms with Crippen LogP contribution in [0.3, 0.4) is 0 Å². The van der Waals surface area contributed by atoms with Crippen LogP contribution in [0.1, 0.15) is 46.5 Å². The minimum Gasteiger partial charge on any atom is -0.448 e. The molecule has 0 bridgehead atoms. The molecule has 1 radical (unpaired) electrons. The number of benzene rings is 1. The molecule has 197 valence electrons. The van der Waals surface area contributed by atoms with Gasteiger partial charge in [0.2, 0.25) is 10.0 Å². The summed E-state index contributed by atoms with van der Waals surface area (Å²) < 4.78 is 35.0. The average molecular weight is 535 g/mol. The SMILES string of the molecule is CN1CCC[C@H]1COC(=O)Nc1ccc(-c2cnc(N3CC[CH]CC3)s2)c(S(=O)(=O)NC(C)(C)C)c1.